The number of hydrogen-bond acceptors (Lipinski definition) is 2. The van der Waals surface area contributed by atoms with Crippen LogP contribution in [0.5, 0.6) is 0 Å². The van der Waals surface area contributed by atoms with Gasteiger partial charge >= 0.3 is 0 Å². The molecule has 0 aliphatic rings. The van der Waals surface area contributed by atoms with Gasteiger partial charge in [0.25, 0.3) is 0 Å². The molecule has 102 valence electrons. The van der Waals surface area contributed by atoms with Gasteiger partial charge in [0.15, 0.2) is 4.67 Å². The van der Waals surface area contributed by atoms with Crippen molar-refractivity contribution in [2.45, 2.75) is 19.4 Å². The third-order valence-electron chi connectivity index (χ3n) is 2.91. The van der Waals surface area contributed by atoms with E-state index in [-0.39, 0.29) is 11.9 Å². The van der Waals surface area contributed by atoms with Gasteiger partial charge in [-0.25, -0.2) is 4.39 Å². The molecular weight excluding hydrogens is 333 g/mol. The van der Waals surface area contributed by atoms with Crippen LogP contribution in [0.1, 0.15) is 24.1 Å². The molecular formula is C14H14BrClFNO. The van der Waals surface area contributed by atoms with Crippen molar-refractivity contribution >= 4 is 27.5 Å². The molecule has 0 aliphatic carbocycles. The Morgan fingerprint density at radius 2 is 2.21 bits per heavy atom. The molecule has 1 aromatic carbocycles. The maximum Gasteiger partial charge on any atom is 0.173 e. The Hall–Kier alpha value is -0.840. The summed E-state index contributed by atoms with van der Waals surface area (Å²) < 4.78 is 19.8. The second-order valence-corrected chi connectivity index (χ2v) is 5.36. The molecule has 1 N–H and O–H groups in total. The van der Waals surface area contributed by atoms with Crippen LogP contribution in [-0.4, -0.2) is 6.54 Å². The second kappa shape index (κ2) is 6.55. The molecule has 0 aliphatic heterocycles. The minimum atomic E-state index is -0.282. The third kappa shape index (κ3) is 3.59. The van der Waals surface area contributed by atoms with Gasteiger partial charge in [-0.3, -0.25) is 0 Å². The van der Waals surface area contributed by atoms with Crippen LogP contribution in [0.4, 0.5) is 4.39 Å². The van der Waals surface area contributed by atoms with Crippen molar-refractivity contribution in [1.82, 2.24) is 5.32 Å². The lowest BCUT2D eigenvalue weighted by Gasteiger charge is -2.17. The fraction of sp³-hybridized carbons (Fsp3) is 0.286. The van der Waals surface area contributed by atoms with Crippen molar-refractivity contribution in [2.75, 3.05) is 6.54 Å². The topological polar surface area (TPSA) is 25.2 Å². The lowest BCUT2D eigenvalue weighted by molar-refractivity contribution is 0.499. The molecule has 1 aromatic heterocycles. The Labute approximate surface area is 125 Å². The number of hydrogen-bond donors (Lipinski definition) is 1. The summed E-state index contributed by atoms with van der Waals surface area (Å²) in [5, 5.41) is 3.73. The zero-order valence-electron chi connectivity index (χ0n) is 10.4. The molecule has 2 nitrogen and oxygen atoms in total. The summed E-state index contributed by atoms with van der Waals surface area (Å²) in [5.74, 6) is -0.282. The highest BCUT2D eigenvalue weighted by Crippen LogP contribution is 2.28. The van der Waals surface area contributed by atoms with Gasteiger partial charge in [0.2, 0.25) is 0 Å². The van der Waals surface area contributed by atoms with Crippen LogP contribution in [0, 0.1) is 5.82 Å². The molecule has 0 amide bonds. The number of likely N-dealkylation sites (N-methyl/N-ethyl adjacent to an activating group) is 1. The van der Waals surface area contributed by atoms with Gasteiger partial charge in [-0.05, 0) is 52.7 Å². The molecule has 1 atom stereocenters. The van der Waals surface area contributed by atoms with Crippen molar-refractivity contribution in [1.29, 1.82) is 0 Å². The largest absolute Gasteiger partial charge is 0.457 e. The summed E-state index contributed by atoms with van der Waals surface area (Å²) in [4.78, 5) is 0. The molecule has 1 heterocycles. The molecule has 2 aromatic rings. The van der Waals surface area contributed by atoms with E-state index in [0.29, 0.717) is 21.7 Å². The number of benzene rings is 1. The Kier molecular flexibility index (Phi) is 5.02. The Bertz CT molecular complexity index is 558. The zero-order valence-corrected chi connectivity index (χ0v) is 12.8. The Morgan fingerprint density at radius 3 is 2.79 bits per heavy atom. The van der Waals surface area contributed by atoms with Gasteiger partial charge in [-0.2, -0.15) is 0 Å². The maximum absolute atomic E-state index is 13.8. The number of halogens is 3. The summed E-state index contributed by atoms with van der Waals surface area (Å²) in [5.41, 5.74) is 1.61. The van der Waals surface area contributed by atoms with Gasteiger partial charge in [0, 0.05) is 16.6 Å². The highest BCUT2D eigenvalue weighted by Gasteiger charge is 2.18. The van der Waals surface area contributed by atoms with Gasteiger partial charge in [0.05, 0.1) is 6.26 Å². The van der Waals surface area contributed by atoms with Crippen molar-refractivity contribution in [2.24, 2.45) is 0 Å². The van der Waals surface area contributed by atoms with Crippen LogP contribution < -0.4 is 5.32 Å². The monoisotopic (exact) mass is 345 g/mol. The van der Waals surface area contributed by atoms with Gasteiger partial charge < -0.3 is 9.73 Å². The van der Waals surface area contributed by atoms with E-state index in [0.717, 1.165) is 12.1 Å². The van der Waals surface area contributed by atoms with Gasteiger partial charge in [-0.15, -0.1) is 0 Å². The first-order chi connectivity index (χ1) is 9.11. The third-order valence-corrected chi connectivity index (χ3v) is 3.79. The van der Waals surface area contributed by atoms with Crippen molar-refractivity contribution in [3.63, 3.8) is 0 Å². The minimum Gasteiger partial charge on any atom is -0.457 e. The molecule has 2 rings (SSSR count). The quantitative estimate of drug-likeness (QED) is 0.847. The van der Waals surface area contributed by atoms with E-state index in [1.165, 1.54) is 6.07 Å². The van der Waals surface area contributed by atoms with E-state index in [4.69, 9.17) is 16.0 Å². The molecule has 0 saturated carbocycles. The summed E-state index contributed by atoms with van der Waals surface area (Å²) in [6.07, 6.45) is 2.15. The number of rotatable bonds is 5. The lowest BCUT2D eigenvalue weighted by Crippen LogP contribution is -2.23. The Morgan fingerprint density at radius 1 is 1.42 bits per heavy atom. The van der Waals surface area contributed by atoms with Crippen LogP contribution in [0.3, 0.4) is 0 Å². The second-order valence-electron chi connectivity index (χ2n) is 4.20. The van der Waals surface area contributed by atoms with E-state index in [9.17, 15) is 4.39 Å². The average molecular weight is 347 g/mol. The highest BCUT2D eigenvalue weighted by molar-refractivity contribution is 9.10. The normalized spacial score (nSPS) is 12.6. The van der Waals surface area contributed by atoms with Gasteiger partial charge in [0.1, 0.15) is 5.82 Å². The maximum atomic E-state index is 13.8. The molecule has 0 fully saturated rings. The smallest absolute Gasteiger partial charge is 0.173 e. The summed E-state index contributed by atoms with van der Waals surface area (Å²) in [6.45, 7) is 2.80. The summed E-state index contributed by atoms with van der Waals surface area (Å²) >= 11 is 9.12. The number of furan rings is 1. The average Bonchev–Trinajstić information content (AvgIpc) is 2.78. The van der Waals surface area contributed by atoms with Crippen molar-refractivity contribution < 1.29 is 8.81 Å². The molecule has 5 heteroatoms. The first-order valence-electron chi connectivity index (χ1n) is 6.02. The van der Waals surface area contributed by atoms with Crippen LogP contribution in [0.15, 0.2) is 39.6 Å². The van der Waals surface area contributed by atoms with E-state index in [1.807, 2.05) is 13.0 Å². The fourth-order valence-corrected chi connectivity index (χ4v) is 2.67. The zero-order chi connectivity index (χ0) is 13.8. The lowest BCUT2D eigenvalue weighted by atomic mass is 10.0. The first-order valence-corrected chi connectivity index (χ1v) is 7.19. The molecule has 0 bridgehead atoms. The molecule has 0 spiro atoms. The van der Waals surface area contributed by atoms with E-state index in [1.54, 1.807) is 18.4 Å². The SMILES string of the molecule is CCNC(Cc1ccc(Cl)cc1F)c1ccoc1Br. The predicted octanol–water partition coefficient (Wildman–Crippen LogP) is 4.73. The van der Waals surface area contributed by atoms with Crippen LogP contribution in [0.2, 0.25) is 5.02 Å². The van der Waals surface area contributed by atoms with E-state index < -0.39 is 0 Å². The van der Waals surface area contributed by atoms with E-state index in [2.05, 4.69) is 21.2 Å². The summed E-state index contributed by atoms with van der Waals surface area (Å²) in [6, 6.07) is 6.63. The van der Waals surface area contributed by atoms with Crippen LogP contribution >= 0.6 is 27.5 Å². The molecule has 19 heavy (non-hydrogen) atoms. The van der Waals surface area contributed by atoms with Gasteiger partial charge in [-0.1, -0.05) is 24.6 Å². The van der Waals surface area contributed by atoms with Crippen molar-refractivity contribution in [3.05, 3.63) is 57.2 Å². The first kappa shape index (κ1) is 14.6. The molecule has 0 saturated heterocycles. The van der Waals surface area contributed by atoms with Crippen LogP contribution in [-0.2, 0) is 6.42 Å². The predicted molar refractivity (Wildman–Crippen MR) is 77.9 cm³/mol. The highest BCUT2D eigenvalue weighted by atomic mass is 79.9. The molecule has 0 radical (unpaired) electrons. The van der Waals surface area contributed by atoms with Crippen LogP contribution in [0.25, 0.3) is 0 Å². The standard InChI is InChI=1S/C14H14BrClFNO/c1-2-18-13(11-5-6-19-14(11)15)7-9-3-4-10(16)8-12(9)17/h3-6,8,13,18H,2,7H2,1H3. The minimum absolute atomic E-state index is 0.00574. The fourth-order valence-electron chi connectivity index (χ4n) is 2.00. The Balaban J connectivity index is 2.24. The number of nitrogens with one attached hydrogen (secondary N) is 1. The summed E-state index contributed by atoms with van der Waals surface area (Å²) in [7, 11) is 0. The molecule has 1 unspecified atom stereocenters. The van der Waals surface area contributed by atoms with Crippen molar-refractivity contribution in [3.8, 4) is 0 Å². The van der Waals surface area contributed by atoms with E-state index >= 15 is 0 Å².